The lowest BCUT2D eigenvalue weighted by Gasteiger charge is -2.14. The first-order valence-corrected chi connectivity index (χ1v) is 13.2. The summed E-state index contributed by atoms with van der Waals surface area (Å²) in [6.07, 6.45) is 1.66. The van der Waals surface area contributed by atoms with Crippen molar-refractivity contribution in [2.75, 3.05) is 18.5 Å². The number of para-hydroxylation sites is 1. The monoisotopic (exact) mass is 580 g/mol. The highest BCUT2D eigenvalue weighted by Crippen LogP contribution is 2.35. The summed E-state index contributed by atoms with van der Waals surface area (Å²) in [5.41, 5.74) is 3.21. The summed E-state index contributed by atoms with van der Waals surface area (Å²) in [6, 6.07) is 20.1. The molecule has 3 amide bonds. The number of rotatable bonds is 9. The average molecular weight is 581 g/mol. The van der Waals surface area contributed by atoms with E-state index in [0.29, 0.717) is 28.6 Å². The van der Waals surface area contributed by atoms with Crippen LogP contribution < -0.4 is 14.8 Å². The summed E-state index contributed by atoms with van der Waals surface area (Å²) >= 11 is 4.31. The minimum absolute atomic E-state index is 0.192. The van der Waals surface area contributed by atoms with Gasteiger partial charge in [0.05, 0.1) is 18.1 Å². The van der Waals surface area contributed by atoms with Gasteiger partial charge in [0.2, 0.25) is 0 Å². The van der Waals surface area contributed by atoms with Crippen LogP contribution in [0.3, 0.4) is 0 Å². The van der Waals surface area contributed by atoms with Crippen molar-refractivity contribution in [3.8, 4) is 11.5 Å². The summed E-state index contributed by atoms with van der Waals surface area (Å²) in [4.78, 5) is 39.4. The van der Waals surface area contributed by atoms with E-state index in [4.69, 9.17) is 9.47 Å². The van der Waals surface area contributed by atoms with Gasteiger partial charge in [0.1, 0.15) is 0 Å². The minimum Gasteiger partial charge on any atom is -0.490 e. The van der Waals surface area contributed by atoms with Crippen molar-refractivity contribution in [1.82, 2.24) is 4.90 Å². The molecule has 7 nitrogen and oxygen atoms in total. The zero-order valence-electron chi connectivity index (χ0n) is 20.3. The number of hydrogen-bond donors (Lipinski definition) is 1. The molecule has 1 fully saturated rings. The largest absolute Gasteiger partial charge is 0.490 e. The second kappa shape index (κ2) is 12.1. The molecule has 0 aliphatic carbocycles. The lowest BCUT2D eigenvalue weighted by molar-refractivity contribution is -0.123. The number of halogens is 1. The molecule has 0 unspecified atom stereocenters. The number of nitrogens with one attached hydrogen (secondary N) is 1. The Balaban J connectivity index is 1.45. The summed E-state index contributed by atoms with van der Waals surface area (Å²) in [7, 11) is 0. The molecule has 3 aromatic carbocycles. The lowest BCUT2D eigenvalue weighted by atomic mass is 10.1. The van der Waals surface area contributed by atoms with Crippen molar-refractivity contribution < 1.29 is 23.9 Å². The molecule has 1 N–H and O–H groups in total. The second-order valence-corrected chi connectivity index (χ2v) is 10.1. The number of ether oxygens (including phenoxy) is 2. The van der Waals surface area contributed by atoms with Crippen LogP contribution in [0.25, 0.3) is 6.08 Å². The Hall–Kier alpha value is -3.56. The van der Waals surface area contributed by atoms with Crippen LogP contribution in [-0.4, -0.2) is 35.2 Å². The smallest absolute Gasteiger partial charge is 0.293 e. The molecule has 4 rings (SSSR count). The standard InChI is InChI=1S/C28H25BrN2O5S/c1-3-35-24-14-19(11-12-23(24)36-17-26(32)30-22-10-5-4-7-18(22)2)15-25-27(33)31(28(34)37-25)16-20-8-6-9-21(29)13-20/h4-15H,3,16-17H2,1-2H3,(H,30,32)/b25-15-. The highest BCUT2D eigenvalue weighted by Gasteiger charge is 2.35. The van der Waals surface area contributed by atoms with E-state index in [1.165, 1.54) is 4.90 Å². The molecule has 3 aromatic rings. The van der Waals surface area contributed by atoms with Crippen LogP contribution in [0, 0.1) is 6.92 Å². The van der Waals surface area contributed by atoms with Crippen molar-refractivity contribution >= 4 is 56.5 Å². The van der Waals surface area contributed by atoms with E-state index in [1.54, 1.807) is 24.3 Å². The van der Waals surface area contributed by atoms with Crippen molar-refractivity contribution in [2.45, 2.75) is 20.4 Å². The summed E-state index contributed by atoms with van der Waals surface area (Å²) in [5, 5.41) is 2.51. The highest BCUT2D eigenvalue weighted by molar-refractivity contribution is 9.10. The molecule has 37 heavy (non-hydrogen) atoms. The molecule has 1 aliphatic rings. The highest BCUT2D eigenvalue weighted by atomic mass is 79.9. The normalized spacial score (nSPS) is 14.2. The lowest BCUT2D eigenvalue weighted by Crippen LogP contribution is -2.27. The topological polar surface area (TPSA) is 84.9 Å². The minimum atomic E-state index is -0.346. The van der Waals surface area contributed by atoms with Gasteiger partial charge in [-0.05, 0) is 78.7 Å². The number of amides is 3. The molecule has 0 saturated carbocycles. The predicted molar refractivity (Wildman–Crippen MR) is 149 cm³/mol. The van der Waals surface area contributed by atoms with Crippen LogP contribution in [0.5, 0.6) is 11.5 Å². The molecule has 0 atom stereocenters. The Bertz CT molecular complexity index is 1370. The van der Waals surface area contributed by atoms with E-state index in [1.807, 2.05) is 62.4 Å². The van der Waals surface area contributed by atoms with Crippen LogP contribution >= 0.6 is 27.7 Å². The van der Waals surface area contributed by atoms with Crippen molar-refractivity contribution in [2.24, 2.45) is 0 Å². The van der Waals surface area contributed by atoms with Gasteiger partial charge >= 0.3 is 0 Å². The third-order valence-corrected chi connectivity index (χ3v) is 6.85. The number of anilines is 1. The second-order valence-electron chi connectivity index (χ2n) is 8.19. The van der Waals surface area contributed by atoms with E-state index in [2.05, 4.69) is 21.2 Å². The van der Waals surface area contributed by atoms with Crippen LogP contribution in [0.1, 0.15) is 23.6 Å². The SMILES string of the molecule is CCOc1cc(/C=C2\SC(=O)N(Cc3cccc(Br)c3)C2=O)ccc1OCC(=O)Nc1ccccc1C. The first-order chi connectivity index (χ1) is 17.8. The number of carbonyl (C=O) groups is 3. The Labute approximate surface area is 228 Å². The van der Waals surface area contributed by atoms with Gasteiger partial charge in [-0.3, -0.25) is 19.3 Å². The van der Waals surface area contributed by atoms with Gasteiger partial charge in [-0.15, -0.1) is 0 Å². The maximum absolute atomic E-state index is 12.9. The molecule has 1 heterocycles. The van der Waals surface area contributed by atoms with Gasteiger partial charge in [0, 0.05) is 10.2 Å². The van der Waals surface area contributed by atoms with E-state index >= 15 is 0 Å². The summed E-state index contributed by atoms with van der Waals surface area (Å²) < 4.78 is 12.3. The Morgan fingerprint density at radius 1 is 1.03 bits per heavy atom. The van der Waals surface area contributed by atoms with Crippen molar-refractivity contribution in [3.05, 3.63) is 92.8 Å². The first kappa shape index (κ1) is 26.5. The van der Waals surface area contributed by atoms with Crippen LogP contribution in [0.2, 0.25) is 0 Å². The first-order valence-electron chi connectivity index (χ1n) is 11.6. The van der Waals surface area contributed by atoms with Crippen molar-refractivity contribution in [1.29, 1.82) is 0 Å². The number of aryl methyl sites for hydroxylation is 1. The maximum atomic E-state index is 12.9. The average Bonchev–Trinajstić information content (AvgIpc) is 3.12. The van der Waals surface area contributed by atoms with Gasteiger partial charge < -0.3 is 14.8 Å². The fourth-order valence-electron chi connectivity index (χ4n) is 3.65. The molecule has 0 radical (unpaired) electrons. The van der Waals surface area contributed by atoms with Gasteiger partial charge in [0.15, 0.2) is 18.1 Å². The Morgan fingerprint density at radius 2 is 1.84 bits per heavy atom. The number of thioether (sulfide) groups is 1. The number of nitrogens with zero attached hydrogens (tertiary/aromatic N) is 1. The van der Waals surface area contributed by atoms with Crippen molar-refractivity contribution in [3.63, 3.8) is 0 Å². The summed E-state index contributed by atoms with van der Waals surface area (Å²) in [5.74, 6) is 0.205. The molecule has 190 valence electrons. The summed E-state index contributed by atoms with van der Waals surface area (Å²) in [6.45, 7) is 4.15. The molecule has 0 bridgehead atoms. The maximum Gasteiger partial charge on any atom is 0.293 e. The molecule has 0 aromatic heterocycles. The number of carbonyl (C=O) groups excluding carboxylic acids is 3. The molecule has 1 aliphatic heterocycles. The molecule has 1 saturated heterocycles. The van der Waals surface area contributed by atoms with Gasteiger partial charge in [-0.25, -0.2) is 0 Å². The molecular formula is C28H25BrN2O5S. The van der Waals surface area contributed by atoms with Crippen LogP contribution in [0.15, 0.2) is 76.1 Å². The predicted octanol–water partition coefficient (Wildman–Crippen LogP) is 6.41. The van der Waals surface area contributed by atoms with Crippen LogP contribution in [-0.2, 0) is 16.1 Å². The molecular weight excluding hydrogens is 556 g/mol. The zero-order chi connectivity index (χ0) is 26.4. The molecule has 9 heteroatoms. The number of imide groups is 1. The van der Waals surface area contributed by atoms with E-state index in [-0.39, 0.29) is 30.2 Å². The number of hydrogen-bond acceptors (Lipinski definition) is 6. The van der Waals surface area contributed by atoms with Gasteiger partial charge in [0.25, 0.3) is 17.1 Å². The molecule has 0 spiro atoms. The fraction of sp³-hybridized carbons (Fsp3) is 0.179. The third kappa shape index (κ3) is 6.81. The van der Waals surface area contributed by atoms with Gasteiger partial charge in [-0.2, -0.15) is 0 Å². The van der Waals surface area contributed by atoms with Gasteiger partial charge in [-0.1, -0.05) is 52.3 Å². The van der Waals surface area contributed by atoms with E-state index in [9.17, 15) is 14.4 Å². The fourth-order valence-corrected chi connectivity index (χ4v) is 4.94. The Morgan fingerprint density at radius 3 is 2.59 bits per heavy atom. The Kier molecular flexibility index (Phi) is 8.68. The zero-order valence-corrected chi connectivity index (χ0v) is 22.7. The number of benzene rings is 3. The van der Waals surface area contributed by atoms with E-state index < -0.39 is 0 Å². The van der Waals surface area contributed by atoms with Crippen LogP contribution in [0.4, 0.5) is 10.5 Å². The quantitative estimate of drug-likeness (QED) is 0.294. The third-order valence-electron chi connectivity index (χ3n) is 5.45. The van der Waals surface area contributed by atoms with E-state index in [0.717, 1.165) is 33.0 Å².